The highest BCUT2D eigenvalue weighted by atomic mass is 16.6. The van der Waals surface area contributed by atoms with Crippen molar-refractivity contribution in [3.05, 3.63) is 0 Å². The molecule has 0 aliphatic rings. The summed E-state index contributed by atoms with van der Waals surface area (Å²) >= 11 is 0. The first-order chi connectivity index (χ1) is 9.01. The van der Waals surface area contributed by atoms with Crippen molar-refractivity contribution in [2.45, 2.75) is 91.2 Å². The van der Waals surface area contributed by atoms with Crippen molar-refractivity contribution in [1.29, 1.82) is 0 Å². The van der Waals surface area contributed by atoms with Crippen molar-refractivity contribution in [2.75, 3.05) is 0 Å². The van der Waals surface area contributed by atoms with Gasteiger partial charge in [0, 0.05) is 0 Å². The smallest absolute Gasteiger partial charge is 0.323 e. The Morgan fingerprint density at radius 2 is 1.53 bits per heavy atom. The number of nitrogens with two attached hydrogens (primary N) is 1. The third-order valence-corrected chi connectivity index (χ3v) is 4.26. The van der Waals surface area contributed by atoms with Crippen LogP contribution in [0.25, 0.3) is 0 Å². The molecule has 0 aromatic rings. The minimum Gasteiger partial charge on any atom is -0.458 e. The third kappa shape index (κ3) is 5.13. The molecule has 0 rings (SSSR count). The van der Waals surface area contributed by atoms with Crippen LogP contribution in [-0.2, 0) is 9.53 Å². The molecule has 1 unspecified atom stereocenters. The Balaban J connectivity index is 5.02. The second kappa shape index (κ2) is 9.35. The van der Waals surface area contributed by atoms with Gasteiger partial charge < -0.3 is 10.5 Å². The normalized spacial score (nSPS) is 13.6. The van der Waals surface area contributed by atoms with E-state index in [1.54, 1.807) is 0 Å². The number of hydrogen-bond donors (Lipinski definition) is 1. The van der Waals surface area contributed by atoms with Gasteiger partial charge in [0.1, 0.15) is 11.6 Å². The van der Waals surface area contributed by atoms with Crippen LogP contribution in [0.15, 0.2) is 0 Å². The Hall–Kier alpha value is -0.570. The lowest BCUT2D eigenvalue weighted by Crippen LogP contribution is -2.46. The summed E-state index contributed by atoms with van der Waals surface area (Å²) in [7, 11) is 0. The maximum Gasteiger partial charge on any atom is 0.323 e. The molecular formula is C16H33NO2. The quantitative estimate of drug-likeness (QED) is 0.610. The zero-order valence-electron chi connectivity index (χ0n) is 13.5. The van der Waals surface area contributed by atoms with Crippen molar-refractivity contribution in [3.63, 3.8) is 0 Å². The van der Waals surface area contributed by atoms with Crippen LogP contribution in [0.4, 0.5) is 0 Å². The largest absolute Gasteiger partial charge is 0.458 e. The second-order valence-corrected chi connectivity index (χ2v) is 5.48. The number of esters is 1. The molecule has 1 atom stereocenters. The molecule has 114 valence electrons. The zero-order chi connectivity index (χ0) is 14.9. The Morgan fingerprint density at radius 1 is 1.05 bits per heavy atom. The van der Waals surface area contributed by atoms with Crippen LogP contribution in [0.5, 0.6) is 0 Å². The molecule has 0 aliphatic carbocycles. The first kappa shape index (κ1) is 18.4. The van der Waals surface area contributed by atoms with E-state index in [9.17, 15) is 4.79 Å². The highest BCUT2D eigenvalue weighted by molar-refractivity contribution is 5.75. The average Bonchev–Trinajstić information content (AvgIpc) is 2.43. The summed E-state index contributed by atoms with van der Waals surface area (Å²) in [5, 5.41) is 0. The van der Waals surface area contributed by atoms with Crippen molar-refractivity contribution in [2.24, 2.45) is 11.7 Å². The number of carbonyl (C=O) groups is 1. The number of hydrogen-bond acceptors (Lipinski definition) is 3. The summed E-state index contributed by atoms with van der Waals surface area (Å²) < 4.78 is 5.89. The van der Waals surface area contributed by atoms with E-state index in [4.69, 9.17) is 10.5 Å². The molecule has 0 fully saturated rings. The fraction of sp³-hybridized carbons (Fsp3) is 0.938. The van der Waals surface area contributed by atoms with E-state index in [1.807, 2.05) is 6.92 Å². The zero-order valence-corrected chi connectivity index (χ0v) is 13.5. The van der Waals surface area contributed by atoms with Crippen LogP contribution < -0.4 is 5.73 Å². The molecule has 0 heterocycles. The predicted octanol–water partition coefficient (Wildman–Crippen LogP) is 4.04. The van der Waals surface area contributed by atoms with Crippen LogP contribution in [0.3, 0.4) is 0 Å². The van der Waals surface area contributed by atoms with E-state index in [2.05, 4.69) is 27.7 Å². The van der Waals surface area contributed by atoms with E-state index in [0.717, 1.165) is 38.5 Å². The van der Waals surface area contributed by atoms with Crippen LogP contribution >= 0.6 is 0 Å². The van der Waals surface area contributed by atoms with Crippen LogP contribution in [0, 0.1) is 5.92 Å². The summed E-state index contributed by atoms with van der Waals surface area (Å²) in [6.07, 6.45) is 6.86. The van der Waals surface area contributed by atoms with Crippen LogP contribution in [0.1, 0.15) is 79.6 Å². The Morgan fingerprint density at radius 3 is 1.84 bits per heavy atom. The maximum atomic E-state index is 12.1. The average molecular weight is 271 g/mol. The molecule has 0 spiro atoms. The van der Waals surface area contributed by atoms with Crippen molar-refractivity contribution >= 4 is 5.97 Å². The molecule has 0 saturated heterocycles. The summed E-state index contributed by atoms with van der Waals surface area (Å²) in [5.74, 6) is 0.217. The van der Waals surface area contributed by atoms with Gasteiger partial charge in [-0.25, -0.2) is 0 Å². The Kier molecular flexibility index (Phi) is 9.07. The van der Waals surface area contributed by atoms with Crippen molar-refractivity contribution in [3.8, 4) is 0 Å². The van der Waals surface area contributed by atoms with Gasteiger partial charge in [0.25, 0.3) is 0 Å². The molecule has 0 aromatic carbocycles. The van der Waals surface area contributed by atoms with E-state index < -0.39 is 6.04 Å². The molecule has 0 amide bonds. The molecule has 19 heavy (non-hydrogen) atoms. The molecule has 0 aromatic heterocycles. The lowest BCUT2D eigenvalue weighted by molar-refractivity contribution is -0.170. The van der Waals surface area contributed by atoms with Gasteiger partial charge in [0.15, 0.2) is 0 Å². The first-order valence-corrected chi connectivity index (χ1v) is 7.99. The topological polar surface area (TPSA) is 52.3 Å². The van der Waals surface area contributed by atoms with E-state index >= 15 is 0 Å². The summed E-state index contributed by atoms with van der Waals surface area (Å²) in [5.41, 5.74) is 5.48. The highest BCUT2D eigenvalue weighted by Crippen LogP contribution is 2.36. The summed E-state index contributed by atoms with van der Waals surface area (Å²) in [6, 6.07) is -0.485. The highest BCUT2D eigenvalue weighted by Gasteiger charge is 2.39. The van der Waals surface area contributed by atoms with Gasteiger partial charge in [0.05, 0.1) is 0 Å². The summed E-state index contributed by atoms with van der Waals surface area (Å²) in [4.78, 5) is 12.1. The van der Waals surface area contributed by atoms with Crippen LogP contribution in [-0.4, -0.2) is 17.6 Å². The fourth-order valence-corrected chi connectivity index (χ4v) is 2.87. The first-order valence-electron chi connectivity index (χ1n) is 7.99. The van der Waals surface area contributed by atoms with Gasteiger partial charge in [-0.1, -0.05) is 47.5 Å². The van der Waals surface area contributed by atoms with E-state index in [-0.39, 0.29) is 11.6 Å². The SMILES string of the molecule is CCCC(CCC)C(CC)(CC)OC(=O)C(N)CC. The molecular weight excluding hydrogens is 238 g/mol. The third-order valence-electron chi connectivity index (χ3n) is 4.26. The monoisotopic (exact) mass is 271 g/mol. The van der Waals surface area contributed by atoms with Gasteiger partial charge in [-0.15, -0.1) is 0 Å². The number of carbonyl (C=O) groups excluding carboxylic acids is 1. The van der Waals surface area contributed by atoms with Gasteiger partial charge in [-0.3, -0.25) is 4.79 Å². The predicted molar refractivity (Wildman–Crippen MR) is 81.0 cm³/mol. The maximum absolute atomic E-state index is 12.1. The second-order valence-electron chi connectivity index (χ2n) is 5.48. The Bertz CT molecular complexity index is 243. The molecule has 0 saturated carbocycles. The fourth-order valence-electron chi connectivity index (χ4n) is 2.87. The van der Waals surface area contributed by atoms with Crippen molar-refractivity contribution in [1.82, 2.24) is 0 Å². The molecule has 0 bridgehead atoms. The van der Waals surface area contributed by atoms with Gasteiger partial charge in [0.2, 0.25) is 0 Å². The van der Waals surface area contributed by atoms with Gasteiger partial charge in [-0.05, 0) is 38.0 Å². The van der Waals surface area contributed by atoms with Crippen LogP contribution in [0.2, 0.25) is 0 Å². The van der Waals surface area contributed by atoms with Gasteiger partial charge in [-0.2, -0.15) is 0 Å². The van der Waals surface area contributed by atoms with Gasteiger partial charge >= 0.3 is 5.97 Å². The minimum atomic E-state index is -0.485. The lowest BCUT2D eigenvalue weighted by Gasteiger charge is -2.40. The van der Waals surface area contributed by atoms with E-state index in [1.165, 1.54) is 0 Å². The molecule has 3 heteroatoms. The molecule has 0 aliphatic heterocycles. The standard InChI is InChI=1S/C16H33NO2/c1-6-11-13(12-7-2)16(9-4,10-5)19-15(18)14(17)8-3/h13-14H,6-12,17H2,1-5H3. The Labute approximate surface area is 119 Å². The van der Waals surface area contributed by atoms with Crippen molar-refractivity contribution < 1.29 is 9.53 Å². The van der Waals surface area contributed by atoms with E-state index in [0.29, 0.717) is 12.3 Å². The minimum absolute atomic E-state index is 0.233. The summed E-state index contributed by atoms with van der Waals surface area (Å²) in [6.45, 7) is 10.5. The number of rotatable bonds is 10. The molecule has 3 nitrogen and oxygen atoms in total. The molecule has 0 radical (unpaired) electrons. The lowest BCUT2D eigenvalue weighted by atomic mass is 9.77. The molecule has 2 N–H and O–H groups in total. The number of ether oxygens (including phenoxy) is 1.